The highest BCUT2D eigenvalue weighted by Crippen LogP contribution is 2.19. The van der Waals surface area contributed by atoms with Crippen LogP contribution in [0.15, 0.2) is 65.1 Å². The number of para-hydroxylation sites is 2. The molecule has 31 heavy (non-hydrogen) atoms. The monoisotopic (exact) mass is 422 g/mol. The molecule has 0 radical (unpaired) electrons. The van der Waals surface area contributed by atoms with Crippen LogP contribution in [-0.2, 0) is 16.1 Å². The third-order valence-corrected chi connectivity index (χ3v) is 4.36. The summed E-state index contributed by atoms with van der Waals surface area (Å²) in [5, 5.41) is 5.05. The van der Waals surface area contributed by atoms with Crippen LogP contribution in [0.2, 0.25) is 0 Å². The van der Waals surface area contributed by atoms with Crippen molar-refractivity contribution in [3.05, 3.63) is 83.3 Å². The fourth-order valence-corrected chi connectivity index (χ4v) is 2.77. The van der Waals surface area contributed by atoms with E-state index in [-0.39, 0.29) is 24.5 Å². The van der Waals surface area contributed by atoms with Crippen LogP contribution in [-0.4, -0.2) is 31.4 Å². The van der Waals surface area contributed by atoms with E-state index in [1.165, 1.54) is 19.2 Å². The number of rotatable bonds is 8. The number of anilines is 1. The molecule has 0 aliphatic heterocycles. The Morgan fingerprint density at radius 2 is 1.71 bits per heavy atom. The van der Waals surface area contributed by atoms with Gasteiger partial charge in [0.25, 0.3) is 5.91 Å². The van der Waals surface area contributed by atoms with Gasteiger partial charge in [0.05, 0.1) is 24.9 Å². The molecule has 1 aromatic heterocycles. The molecule has 0 unspecified atom stereocenters. The number of furan rings is 1. The number of carbonyl (C=O) groups is 3. The molecule has 8 heteroatoms. The van der Waals surface area contributed by atoms with Gasteiger partial charge in [-0.15, -0.1) is 0 Å². The summed E-state index contributed by atoms with van der Waals surface area (Å²) in [4.78, 5) is 36.2. The predicted molar refractivity (Wildman–Crippen MR) is 113 cm³/mol. The van der Waals surface area contributed by atoms with E-state index in [4.69, 9.17) is 9.15 Å². The lowest BCUT2D eigenvalue weighted by molar-refractivity contribution is -0.115. The van der Waals surface area contributed by atoms with Crippen LogP contribution in [0.1, 0.15) is 32.2 Å². The first-order chi connectivity index (χ1) is 15.0. The quantitative estimate of drug-likeness (QED) is 0.540. The third-order valence-electron chi connectivity index (χ3n) is 4.36. The molecule has 0 aliphatic carbocycles. The summed E-state index contributed by atoms with van der Waals surface area (Å²) < 4.78 is 15.9. The van der Waals surface area contributed by atoms with Gasteiger partial charge in [0, 0.05) is 0 Å². The molecule has 3 rings (SSSR count). The Morgan fingerprint density at radius 1 is 0.968 bits per heavy atom. The van der Waals surface area contributed by atoms with Gasteiger partial charge < -0.3 is 24.5 Å². The molecule has 0 bridgehead atoms. The fraction of sp³-hybridized carbons (Fsp3) is 0.174. The van der Waals surface area contributed by atoms with E-state index in [2.05, 4.69) is 15.4 Å². The first kappa shape index (κ1) is 21.6. The van der Waals surface area contributed by atoms with Gasteiger partial charge in [-0.2, -0.15) is 0 Å². The fourth-order valence-electron chi connectivity index (χ4n) is 2.77. The van der Waals surface area contributed by atoms with E-state index >= 15 is 0 Å². The largest absolute Gasteiger partial charge is 0.485 e. The van der Waals surface area contributed by atoms with E-state index in [0.29, 0.717) is 11.4 Å². The van der Waals surface area contributed by atoms with Crippen molar-refractivity contribution in [3.63, 3.8) is 0 Å². The van der Waals surface area contributed by atoms with Gasteiger partial charge in [-0.3, -0.25) is 9.59 Å². The molecule has 8 nitrogen and oxygen atoms in total. The Bertz CT molecular complexity index is 1090. The van der Waals surface area contributed by atoms with Gasteiger partial charge in [0.1, 0.15) is 18.1 Å². The Labute approximate surface area is 179 Å². The van der Waals surface area contributed by atoms with Crippen LogP contribution >= 0.6 is 0 Å². The topological polar surface area (TPSA) is 107 Å². The smallest absolute Gasteiger partial charge is 0.339 e. The minimum atomic E-state index is -0.573. The Morgan fingerprint density at radius 3 is 2.48 bits per heavy atom. The molecule has 0 spiro atoms. The van der Waals surface area contributed by atoms with Crippen LogP contribution in [0, 0.1) is 6.92 Å². The molecule has 2 aromatic carbocycles. The van der Waals surface area contributed by atoms with Crippen molar-refractivity contribution in [1.29, 1.82) is 0 Å². The van der Waals surface area contributed by atoms with Crippen molar-refractivity contribution in [2.45, 2.75) is 13.5 Å². The number of methoxy groups -OCH3 is 1. The first-order valence-corrected chi connectivity index (χ1v) is 9.50. The summed E-state index contributed by atoms with van der Waals surface area (Å²) in [5.41, 5.74) is 1.50. The molecule has 2 N–H and O–H groups in total. The maximum Gasteiger partial charge on any atom is 0.339 e. The molecule has 0 saturated carbocycles. The van der Waals surface area contributed by atoms with E-state index in [1.54, 1.807) is 24.3 Å². The van der Waals surface area contributed by atoms with Gasteiger partial charge in [0.15, 0.2) is 5.76 Å². The zero-order chi connectivity index (χ0) is 22.2. The number of ether oxygens (including phenoxy) is 2. The number of hydrogen-bond donors (Lipinski definition) is 2. The molecule has 0 saturated heterocycles. The van der Waals surface area contributed by atoms with Gasteiger partial charge in [-0.05, 0) is 42.8 Å². The third kappa shape index (κ3) is 5.72. The number of nitrogens with one attached hydrogen (secondary N) is 2. The van der Waals surface area contributed by atoms with Crippen molar-refractivity contribution in [2.75, 3.05) is 19.0 Å². The van der Waals surface area contributed by atoms with Crippen molar-refractivity contribution >= 4 is 23.5 Å². The average molecular weight is 422 g/mol. The van der Waals surface area contributed by atoms with Crippen molar-refractivity contribution in [2.24, 2.45) is 0 Å². The predicted octanol–water partition coefficient (Wildman–Crippen LogP) is 3.32. The number of aryl methyl sites for hydroxylation is 1. The second kappa shape index (κ2) is 10.1. The highest BCUT2D eigenvalue weighted by atomic mass is 16.5. The number of carbonyl (C=O) groups excluding carboxylic acids is 3. The molecule has 1 heterocycles. The zero-order valence-electron chi connectivity index (χ0n) is 17.1. The van der Waals surface area contributed by atoms with E-state index < -0.39 is 17.8 Å². The second-order valence-corrected chi connectivity index (χ2v) is 6.59. The van der Waals surface area contributed by atoms with Gasteiger partial charge in [0.2, 0.25) is 5.91 Å². The number of amides is 2. The normalized spacial score (nSPS) is 10.3. The zero-order valence-corrected chi connectivity index (χ0v) is 17.1. The van der Waals surface area contributed by atoms with Crippen molar-refractivity contribution in [3.8, 4) is 5.75 Å². The van der Waals surface area contributed by atoms with Crippen LogP contribution in [0.25, 0.3) is 0 Å². The Balaban J connectivity index is 1.52. The lowest BCUT2D eigenvalue weighted by Crippen LogP contribution is -2.33. The average Bonchev–Trinajstić information content (AvgIpc) is 3.26. The Hall–Kier alpha value is -4.07. The van der Waals surface area contributed by atoms with Gasteiger partial charge >= 0.3 is 5.97 Å². The molecule has 3 aromatic rings. The van der Waals surface area contributed by atoms with Crippen LogP contribution < -0.4 is 15.4 Å². The highest BCUT2D eigenvalue weighted by molar-refractivity contribution is 6.03. The summed E-state index contributed by atoms with van der Waals surface area (Å²) in [6, 6.07) is 17.2. The van der Waals surface area contributed by atoms with Gasteiger partial charge in [-0.25, -0.2) is 4.79 Å². The molecule has 0 atom stereocenters. The van der Waals surface area contributed by atoms with E-state index in [0.717, 1.165) is 11.3 Å². The number of hydrogen-bond acceptors (Lipinski definition) is 6. The van der Waals surface area contributed by atoms with E-state index in [9.17, 15) is 14.4 Å². The summed E-state index contributed by atoms with van der Waals surface area (Å²) in [7, 11) is 1.25. The van der Waals surface area contributed by atoms with Crippen LogP contribution in [0.3, 0.4) is 0 Å². The molecule has 0 aliphatic rings. The second-order valence-electron chi connectivity index (χ2n) is 6.59. The lowest BCUT2D eigenvalue weighted by Gasteiger charge is -2.10. The first-order valence-electron chi connectivity index (χ1n) is 9.50. The Kier molecular flexibility index (Phi) is 7.05. The van der Waals surface area contributed by atoms with Crippen LogP contribution in [0.4, 0.5) is 5.69 Å². The number of esters is 1. The summed E-state index contributed by atoms with van der Waals surface area (Å²) >= 11 is 0. The molecule has 0 fully saturated rings. The minimum Gasteiger partial charge on any atom is -0.485 e. The molecular formula is C23H22N2O6. The highest BCUT2D eigenvalue weighted by Gasteiger charge is 2.16. The van der Waals surface area contributed by atoms with Crippen molar-refractivity contribution in [1.82, 2.24) is 5.32 Å². The maximum atomic E-state index is 12.3. The SMILES string of the molecule is COC(=O)c1ccccc1NC(=O)CNC(=O)c1ccc(COc2ccccc2C)o1. The molecule has 2 amide bonds. The standard InChI is InChI=1S/C23H22N2O6/c1-15-7-3-6-10-19(15)30-14-16-11-12-20(31-16)22(27)24-13-21(26)25-18-9-5-4-8-17(18)23(28)29-2/h3-12H,13-14H2,1-2H3,(H,24,27)(H,25,26). The lowest BCUT2D eigenvalue weighted by atomic mass is 10.2. The van der Waals surface area contributed by atoms with Crippen molar-refractivity contribution < 1.29 is 28.3 Å². The summed E-state index contributed by atoms with van der Waals surface area (Å²) in [6.45, 7) is 1.80. The molecular weight excluding hydrogens is 400 g/mol. The van der Waals surface area contributed by atoms with Gasteiger partial charge in [-0.1, -0.05) is 30.3 Å². The summed E-state index contributed by atoms with van der Waals surface area (Å²) in [6.07, 6.45) is 0. The minimum absolute atomic E-state index is 0.0612. The maximum absolute atomic E-state index is 12.3. The number of benzene rings is 2. The van der Waals surface area contributed by atoms with E-state index in [1.807, 2.05) is 31.2 Å². The molecule has 160 valence electrons. The summed E-state index contributed by atoms with van der Waals surface area (Å²) in [5.74, 6) is -0.348. The van der Waals surface area contributed by atoms with Crippen LogP contribution in [0.5, 0.6) is 5.75 Å².